The second-order valence-electron chi connectivity index (χ2n) is 7.50. The van der Waals surface area contributed by atoms with Crippen LogP contribution in [0, 0.1) is 5.92 Å². The summed E-state index contributed by atoms with van der Waals surface area (Å²) in [6.45, 7) is 3.37. The summed E-state index contributed by atoms with van der Waals surface area (Å²) in [6, 6.07) is 3.43. The first-order chi connectivity index (χ1) is 14.0. The zero-order valence-corrected chi connectivity index (χ0v) is 16.7. The molecule has 3 aliphatic heterocycles. The van der Waals surface area contributed by atoms with Gasteiger partial charge in [-0.05, 0) is 25.7 Å². The summed E-state index contributed by atoms with van der Waals surface area (Å²) < 4.78 is 16.1. The number of allylic oxidation sites excluding steroid dienone is 2. The molecule has 4 rings (SSSR count). The maximum Gasteiger partial charge on any atom is 0.268 e. The summed E-state index contributed by atoms with van der Waals surface area (Å²) in [5.41, 5.74) is 2.09. The minimum atomic E-state index is -0.0769. The van der Waals surface area contributed by atoms with Crippen molar-refractivity contribution in [2.45, 2.75) is 32.6 Å². The standard InChI is InChI=1S/C21H25N3O5/c1-13-3-4-15(22-13)21(26)24-7-5-14(6-8-24)9-20(25)23-16-10-18-19(29-12-28-18)11-17(16)27-2/h3,10-11,14H,4-9,12H2,1-2H3,(H,23,25). The molecule has 1 fully saturated rings. The van der Waals surface area contributed by atoms with E-state index in [9.17, 15) is 9.59 Å². The van der Waals surface area contributed by atoms with Gasteiger partial charge in [0.15, 0.2) is 11.5 Å². The molecule has 0 atom stereocenters. The van der Waals surface area contributed by atoms with Crippen molar-refractivity contribution in [2.24, 2.45) is 10.9 Å². The summed E-state index contributed by atoms with van der Waals surface area (Å²) in [5, 5.41) is 2.92. The van der Waals surface area contributed by atoms with Gasteiger partial charge in [0, 0.05) is 43.8 Å². The maximum atomic E-state index is 12.6. The molecule has 3 aliphatic rings. The minimum absolute atomic E-state index is 0.0195. The fraction of sp³-hybridized carbons (Fsp3) is 0.476. The number of amides is 2. The van der Waals surface area contributed by atoms with Gasteiger partial charge < -0.3 is 24.4 Å². The highest BCUT2D eigenvalue weighted by Crippen LogP contribution is 2.40. The van der Waals surface area contributed by atoms with Gasteiger partial charge in [0.1, 0.15) is 11.5 Å². The molecule has 2 amide bonds. The van der Waals surface area contributed by atoms with Gasteiger partial charge in [-0.2, -0.15) is 0 Å². The molecule has 8 heteroatoms. The van der Waals surface area contributed by atoms with Gasteiger partial charge in [-0.3, -0.25) is 14.6 Å². The van der Waals surface area contributed by atoms with Crippen LogP contribution < -0.4 is 19.5 Å². The Balaban J connectivity index is 1.29. The van der Waals surface area contributed by atoms with Crippen LogP contribution in [0.5, 0.6) is 17.2 Å². The van der Waals surface area contributed by atoms with E-state index in [2.05, 4.69) is 10.3 Å². The van der Waals surface area contributed by atoms with Gasteiger partial charge in [-0.25, -0.2) is 0 Å². The molecular formula is C21H25N3O5. The average molecular weight is 399 g/mol. The average Bonchev–Trinajstić information content (AvgIpc) is 3.35. The number of hydrogen-bond acceptors (Lipinski definition) is 6. The second kappa shape index (κ2) is 8.14. The number of nitrogens with zero attached hydrogens (tertiary/aromatic N) is 2. The number of carbonyl (C=O) groups excluding carboxylic acids is 2. The van der Waals surface area contributed by atoms with Crippen LogP contribution in [-0.2, 0) is 9.59 Å². The third kappa shape index (κ3) is 4.21. The molecule has 0 radical (unpaired) electrons. The first-order valence-electron chi connectivity index (χ1n) is 9.84. The number of likely N-dealkylation sites (tertiary alicyclic amines) is 1. The van der Waals surface area contributed by atoms with Crippen LogP contribution in [0.25, 0.3) is 0 Å². The largest absolute Gasteiger partial charge is 0.494 e. The van der Waals surface area contributed by atoms with Crippen molar-refractivity contribution in [1.82, 2.24) is 4.90 Å². The number of benzene rings is 1. The maximum absolute atomic E-state index is 12.6. The fourth-order valence-corrected chi connectivity index (χ4v) is 3.86. The molecule has 0 aliphatic carbocycles. The Kier molecular flexibility index (Phi) is 5.42. The van der Waals surface area contributed by atoms with Gasteiger partial charge in [-0.15, -0.1) is 0 Å². The van der Waals surface area contributed by atoms with Gasteiger partial charge in [0.05, 0.1) is 12.8 Å². The Morgan fingerprint density at radius 1 is 1.24 bits per heavy atom. The van der Waals surface area contributed by atoms with Crippen molar-refractivity contribution in [2.75, 3.05) is 32.3 Å². The van der Waals surface area contributed by atoms with Crippen LogP contribution >= 0.6 is 0 Å². The van der Waals surface area contributed by atoms with E-state index in [0.29, 0.717) is 54.6 Å². The third-order valence-corrected chi connectivity index (χ3v) is 5.49. The molecule has 8 nitrogen and oxygen atoms in total. The zero-order valence-electron chi connectivity index (χ0n) is 16.7. The van der Waals surface area contributed by atoms with Crippen molar-refractivity contribution in [3.05, 3.63) is 23.9 Å². The summed E-state index contributed by atoms with van der Waals surface area (Å²) in [5.74, 6) is 1.91. The smallest absolute Gasteiger partial charge is 0.268 e. The molecule has 1 saturated heterocycles. The number of fused-ring (bicyclic) bond motifs is 1. The molecule has 1 aromatic carbocycles. The second-order valence-corrected chi connectivity index (χ2v) is 7.50. The van der Waals surface area contributed by atoms with Crippen LogP contribution in [0.15, 0.2) is 28.9 Å². The third-order valence-electron chi connectivity index (χ3n) is 5.49. The molecule has 3 heterocycles. The lowest BCUT2D eigenvalue weighted by Gasteiger charge is -2.31. The van der Waals surface area contributed by atoms with Gasteiger partial charge in [-0.1, -0.05) is 6.08 Å². The Morgan fingerprint density at radius 2 is 1.97 bits per heavy atom. The molecule has 0 bridgehead atoms. The molecular weight excluding hydrogens is 374 g/mol. The lowest BCUT2D eigenvalue weighted by atomic mass is 9.93. The Bertz CT molecular complexity index is 885. The Hall–Kier alpha value is -3.03. The van der Waals surface area contributed by atoms with E-state index in [-0.39, 0.29) is 24.5 Å². The number of ether oxygens (including phenoxy) is 3. The molecule has 154 valence electrons. The van der Waals surface area contributed by atoms with E-state index in [0.717, 1.165) is 18.5 Å². The van der Waals surface area contributed by atoms with Crippen LogP contribution in [0.3, 0.4) is 0 Å². The van der Waals surface area contributed by atoms with Crippen molar-refractivity contribution < 1.29 is 23.8 Å². The molecule has 0 spiro atoms. The molecule has 29 heavy (non-hydrogen) atoms. The first kappa shape index (κ1) is 19.3. The topological polar surface area (TPSA) is 89.5 Å². The first-order valence-corrected chi connectivity index (χ1v) is 9.84. The number of hydrogen-bond donors (Lipinski definition) is 1. The van der Waals surface area contributed by atoms with Crippen molar-refractivity contribution in [3.63, 3.8) is 0 Å². The number of rotatable bonds is 5. The normalized spacial score (nSPS) is 18.3. The number of aliphatic imine (C=N–C) groups is 1. The number of carbonyl (C=O) groups is 2. The molecule has 0 saturated carbocycles. The van der Waals surface area contributed by atoms with Crippen LogP contribution in [0.1, 0.15) is 32.6 Å². The fourth-order valence-electron chi connectivity index (χ4n) is 3.86. The van der Waals surface area contributed by atoms with Gasteiger partial charge in [0.2, 0.25) is 12.7 Å². The number of nitrogens with one attached hydrogen (secondary N) is 1. The van der Waals surface area contributed by atoms with Crippen LogP contribution in [0.2, 0.25) is 0 Å². The summed E-state index contributed by atoms with van der Waals surface area (Å²) in [6.07, 6.45) is 4.59. The van der Waals surface area contributed by atoms with Crippen molar-refractivity contribution >= 4 is 23.2 Å². The van der Waals surface area contributed by atoms with Crippen LogP contribution in [-0.4, -0.2) is 49.4 Å². The molecule has 0 aromatic heterocycles. The monoisotopic (exact) mass is 399 g/mol. The Labute approximate surface area is 169 Å². The quantitative estimate of drug-likeness (QED) is 0.822. The number of piperidine rings is 1. The highest BCUT2D eigenvalue weighted by atomic mass is 16.7. The highest BCUT2D eigenvalue weighted by molar-refractivity contribution is 6.39. The lowest BCUT2D eigenvalue weighted by molar-refractivity contribution is -0.125. The van der Waals surface area contributed by atoms with Gasteiger partial charge >= 0.3 is 0 Å². The summed E-state index contributed by atoms with van der Waals surface area (Å²) in [4.78, 5) is 31.2. The van der Waals surface area contributed by atoms with Crippen LogP contribution in [0.4, 0.5) is 5.69 Å². The van der Waals surface area contributed by atoms with Crippen molar-refractivity contribution in [3.8, 4) is 17.2 Å². The van der Waals surface area contributed by atoms with E-state index in [1.807, 2.05) is 17.9 Å². The number of anilines is 1. The van der Waals surface area contributed by atoms with Gasteiger partial charge in [0.25, 0.3) is 5.91 Å². The van der Waals surface area contributed by atoms with E-state index in [1.54, 1.807) is 19.2 Å². The van der Waals surface area contributed by atoms with E-state index < -0.39 is 0 Å². The molecule has 0 unspecified atom stereocenters. The predicted octanol–water partition coefficient (Wildman–Crippen LogP) is 2.74. The van der Waals surface area contributed by atoms with E-state index >= 15 is 0 Å². The zero-order chi connectivity index (χ0) is 20.4. The highest BCUT2D eigenvalue weighted by Gasteiger charge is 2.28. The summed E-state index contributed by atoms with van der Waals surface area (Å²) >= 11 is 0. The summed E-state index contributed by atoms with van der Waals surface area (Å²) in [7, 11) is 1.55. The minimum Gasteiger partial charge on any atom is -0.494 e. The number of methoxy groups -OCH3 is 1. The van der Waals surface area contributed by atoms with Crippen molar-refractivity contribution in [1.29, 1.82) is 0 Å². The molecule has 1 aromatic rings. The lowest BCUT2D eigenvalue weighted by Crippen LogP contribution is -2.42. The SMILES string of the molecule is COc1cc2c(cc1NC(=O)CC1CCN(C(=O)C3=NC(C)=CC3)CC1)OCO2. The van der Waals surface area contributed by atoms with E-state index in [4.69, 9.17) is 14.2 Å². The molecule has 1 N–H and O–H groups in total. The van der Waals surface area contributed by atoms with E-state index in [1.165, 1.54) is 0 Å². The predicted molar refractivity (Wildman–Crippen MR) is 107 cm³/mol. The Morgan fingerprint density at radius 3 is 2.62 bits per heavy atom.